The molecule has 1 unspecified atom stereocenters. The number of carbonyl (C=O) groups excluding carboxylic acids is 2. The quantitative estimate of drug-likeness (QED) is 0.447. The molecule has 0 bridgehead atoms. The van der Waals surface area contributed by atoms with Crippen LogP contribution in [0.25, 0.3) is 0 Å². The van der Waals surface area contributed by atoms with Crippen molar-refractivity contribution in [3.63, 3.8) is 0 Å². The number of ether oxygens (including phenoxy) is 1. The number of hydrogen-bond donors (Lipinski definition) is 4. The van der Waals surface area contributed by atoms with Crippen LogP contribution >= 0.6 is 0 Å². The van der Waals surface area contributed by atoms with E-state index in [0.717, 1.165) is 0 Å². The third-order valence-corrected chi connectivity index (χ3v) is 5.17. The zero-order chi connectivity index (χ0) is 19.7. The fourth-order valence-electron chi connectivity index (χ4n) is 3.91. The summed E-state index contributed by atoms with van der Waals surface area (Å²) in [6.07, 6.45) is -0.910. The van der Waals surface area contributed by atoms with Crippen molar-refractivity contribution in [3.05, 3.63) is 11.3 Å². The number of aliphatic carboxylic acids is 1. The van der Waals surface area contributed by atoms with Crippen LogP contribution < -0.4 is 10.6 Å². The maximum Gasteiger partial charge on any atom is 0.407 e. The van der Waals surface area contributed by atoms with E-state index in [2.05, 4.69) is 15.6 Å². The van der Waals surface area contributed by atoms with E-state index in [1.54, 1.807) is 13.8 Å². The maximum atomic E-state index is 12.3. The Morgan fingerprint density at radius 2 is 2.22 bits per heavy atom. The number of hydrogen-bond acceptors (Lipinski definition) is 7. The largest absolute Gasteiger partial charge is 0.477 e. The van der Waals surface area contributed by atoms with Crippen LogP contribution in [0, 0.1) is 11.8 Å². The van der Waals surface area contributed by atoms with Gasteiger partial charge in [-0.1, -0.05) is 0 Å². The molecule has 10 heteroatoms. The van der Waals surface area contributed by atoms with Gasteiger partial charge in [-0.05, 0) is 25.8 Å². The molecule has 0 aliphatic carbocycles. The second kappa shape index (κ2) is 7.55. The summed E-state index contributed by atoms with van der Waals surface area (Å²) in [5.74, 6) is -1.69. The van der Waals surface area contributed by atoms with Gasteiger partial charge in [0.25, 0.3) is 0 Å². The van der Waals surface area contributed by atoms with Gasteiger partial charge in [-0.25, -0.2) is 9.59 Å². The van der Waals surface area contributed by atoms with Gasteiger partial charge in [-0.15, -0.1) is 0 Å². The van der Waals surface area contributed by atoms with Gasteiger partial charge >= 0.3 is 12.1 Å². The van der Waals surface area contributed by atoms with Crippen LogP contribution in [0.3, 0.4) is 0 Å². The highest BCUT2D eigenvalue weighted by Gasteiger charge is 2.57. The molecule has 148 valence electrons. The number of rotatable bonds is 6. The summed E-state index contributed by atoms with van der Waals surface area (Å²) >= 11 is 0. The van der Waals surface area contributed by atoms with Crippen molar-refractivity contribution in [3.8, 4) is 0 Å². The van der Waals surface area contributed by atoms with E-state index in [1.165, 1.54) is 4.90 Å². The van der Waals surface area contributed by atoms with Crippen LogP contribution in [0.15, 0.2) is 16.3 Å². The summed E-state index contributed by atoms with van der Waals surface area (Å²) in [5, 5.41) is 25.0. The molecule has 10 nitrogen and oxygen atoms in total. The predicted molar refractivity (Wildman–Crippen MR) is 93.9 cm³/mol. The molecular weight excluding hydrogens is 356 g/mol. The smallest absolute Gasteiger partial charge is 0.407 e. The van der Waals surface area contributed by atoms with Gasteiger partial charge < -0.3 is 30.5 Å². The Kier molecular flexibility index (Phi) is 5.36. The molecule has 1 fully saturated rings. The third-order valence-electron chi connectivity index (χ3n) is 5.17. The number of amides is 2. The predicted octanol–water partition coefficient (Wildman–Crippen LogP) is -0.699. The highest BCUT2D eigenvalue weighted by Crippen LogP contribution is 2.45. The van der Waals surface area contributed by atoms with E-state index in [1.807, 2.05) is 0 Å². The molecule has 27 heavy (non-hydrogen) atoms. The molecule has 1 saturated heterocycles. The first-order valence-corrected chi connectivity index (χ1v) is 9.00. The van der Waals surface area contributed by atoms with E-state index >= 15 is 0 Å². The number of carbonyl (C=O) groups is 3. The zero-order valence-electron chi connectivity index (χ0n) is 15.3. The van der Waals surface area contributed by atoms with E-state index in [9.17, 15) is 24.6 Å². The Morgan fingerprint density at radius 1 is 1.48 bits per heavy atom. The van der Waals surface area contributed by atoms with Gasteiger partial charge in [-0.3, -0.25) is 9.79 Å². The maximum absolute atomic E-state index is 12.3. The summed E-state index contributed by atoms with van der Waals surface area (Å²) in [6.45, 7) is 4.61. The fourth-order valence-corrected chi connectivity index (χ4v) is 3.91. The van der Waals surface area contributed by atoms with E-state index < -0.39 is 24.1 Å². The van der Waals surface area contributed by atoms with Crippen LogP contribution in [-0.4, -0.2) is 77.3 Å². The molecule has 3 aliphatic rings. The molecule has 0 aromatic rings. The molecule has 2 amide bonds. The van der Waals surface area contributed by atoms with Gasteiger partial charge in [0.2, 0.25) is 5.91 Å². The Bertz CT molecular complexity index is 716. The minimum Gasteiger partial charge on any atom is -0.477 e. The van der Waals surface area contributed by atoms with Crippen molar-refractivity contribution < 1.29 is 29.3 Å². The van der Waals surface area contributed by atoms with Gasteiger partial charge in [0.1, 0.15) is 11.5 Å². The molecule has 3 rings (SSSR count). The standard InChI is InChI=1S/C17H24N4O6/c1-3-18-17(26)27-7-12-19-5-9(6-20-12)10-4-11-13(8(2)22)15(23)21(11)14(10)16(24)25/h8-9,11,13,22H,3-7H2,1-2H3,(H,18,26)(H,19,20)(H,24,25)/t8-,11-,13-/m1/s1. The minimum absolute atomic E-state index is 0.0146. The van der Waals surface area contributed by atoms with E-state index in [0.29, 0.717) is 37.5 Å². The number of aliphatic hydroxyl groups excluding tert-OH is 1. The first-order valence-electron chi connectivity index (χ1n) is 9.00. The summed E-state index contributed by atoms with van der Waals surface area (Å²) in [5.41, 5.74) is 0.690. The van der Waals surface area contributed by atoms with Crippen molar-refractivity contribution in [2.45, 2.75) is 32.4 Å². The molecule has 0 spiro atoms. The zero-order valence-corrected chi connectivity index (χ0v) is 15.3. The van der Waals surface area contributed by atoms with Crippen molar-refractivity contribution in [2.24, 2.45) is 16.8 Å². The molecule has 0 saturated carbocycles. The second-order valence-corrected chi connectivity index (χ2v) is 6.90. The van der Waals surface area contributed by atoms with Crippen LogP contribution in [-0.2, 0) is 14.3 Å². The van der Waals surface area contributed by atoms with Crippen LogP contribution in [0.1, 0.15) is 20.3 Å². The third kappa shape index (κ3) is 3.48. The summed E-state index contributed by atoms with van der Waals surface area (Å²) in [7, 11) is 0. The number of alkyl carbamates (subject to hydrolysis) is 1. The number of carboxylic acids is 1. The molecule has 4 atom stereocenters. The Balaban J connectivity index is 1.67. The summed E-state index contributed by atoms with van der Waals surface area (Å²) < 4.78 is 5.01. The Hall–Kier alpha value is -2.62. The minimum atomic E-state index is -1.14. The Labute approximate surface area is 156 Å². The average molecular weight is 380 g/mol. The average Bonchev–Trinajstić information content (AvgIpc) is 2.95. The number of amidine groups is 1. The van der Waals surface area contributed by atoms with E-state index in [4.69, 9.17) is 4.74 Å². The van der Waals surface area contributed by atoms with Crippen LogP contribution in [0.4, 0.5) is 4.79 Å². The number of carboxylic acid groups (broad SMARTS) is 1. The van der Waals surface area contributed by atoms with Gasteiger partial charge in [0.05, 0.1) is 18.1 Å². The molecule has 0 radical (unpaired) electrons. The van der Waals surface area contributed by atoms with E-state index in [-0.39, 0.29) is 30.2 Å². The van der Waals surface area contributed by atoms with Gasteiger partial charge in [0, 0.05) is 25.6 Å². The first-order chi connectivity index (χ1) is 12.8. The number of aliphatic hydroxyl groups is 1. The highest BCUT2D eigenvalue weighted by molar-refractivity contribution is 6.00. The number of β-lactam (4-membered cyclic amide) rings is 1. The monoisotopic (exact) mass is 380 g/mol. The molecule has 3 heterocycles. The van der Waals surface area contributed by atoms with Crippen molar-refractivity contribution in [2.75, 3.05) is 26.2 Å². The lowest BCUT2D eigenvalue weighted by atomic mass is 9.82. The Morgan fingerprint density at radius 3 is 2.78 bits per heavy atom. The van der Waals surface area contributed by atoms with Crippen molar-refractivity contribution >= 4 is 23.8 Å². The number of aliphatic imine (C=N–C) groups is 1. The lowest BCUT2D eigenvalue weighted by Crippen LogP contribution is -2.61. The molecule has 3 aliphatic heterocycles. The highest BCUT2D eigenvalue weighted by atomic mass is 16.5. The lowest BCUT2D eigenvalue weighted by molar-refractivity contribution is -0.161. The molecule has 0 aromatic heterocycles. The van der Waals surface area contributed by atoms with Crippen molar-refractivity contribution in [1.29, 1.82) is 0 Å². The molecular formula is C17H24N4O6. The summed E-state index contributed by atoms with van der Waals surface area (Å²) in [6, 6.07) is -0.301. The second-order valence-electron chi connectivity index (χ2n) is 6.90. The number of nitrogens with one attached hydrogen (secondary N) is 2. The molecule has 4 N–H and O–H groups in total. The number of nitrogens with zero attached hydrogens (tertiary/aromatic N) is 2. The van der Waals surface area contributed by atoms with Gasteiger partial charge in [0.15, 0.2) is 6.61 Å². The van der Waals surface area contributed by atoms with Crippen LogP contribution in [0.2, 0.25) is 0 Å². The van der Waals surface area contributed by atoms with Gasteiger partial charge in [-0.2, -0.15) is 0 Å². The first kappa shape index (κ1) is 19.2. The van der Waals surface area contributed by atoms with Crippen LogP contribution in [0.5, 0.6) is 0 Å². The SMILES string of the molecule is CCNC(=O)OCC1=NCC(C2=C(C(=O)O)N3C(=O)[C@H]([C@@H](C)O)[C@H]3C2)CN1. The topological polar surface area (TPSA) is 141 Å². The normalized spacial score (nSPS) is 28.0. The van der Waals surface area contributed by atoms with Crippen molar-refractivity contribution in [1.82, 2.24) is 15.5 Å². The summed E-state index contributed by atoms with van der Waals surface area (Å²) in [4.78, 5) is 41.0. The number of fused-ring (bicyclic) bond motifs is 1. The molecule has 0 aromatic carbocycles. The lowest BCUT2D eigenvalue weighted by Gasteiger charge is -2.44. The fraction of sp³-hybridized carbons (Fsp3) is 0.647.